The van der Waals surface area contributed by atoms with Crippen LogP contribution in [0, 0.1) is 11.6 Å². The zero-order chi connectivity index (χ0) is 15.1. The summed E-state index contributed by atoms with van der Waals surface area (Å²) >= 11 is 0. The third kappa shape index (κ3) is 4.33. The molecule has 0 atom stereocenters. The van der Waals surface area contributed by atoms with Gasteiger partial charge in [-0.25, -0.2) is 8.78 Å². The Bertz CT molecular complexity index is 616. The lowest BCUT2D eigenvalue weighted by Crippen LogP contribution is -2.13. The number of halogens is 2. The average Bonchev–Trinajstić information content (AvgIpc) is 2.48. The molecule has 0 aliphatic carbocycles. The predicted molar refractivity (Wildman–Crippen MR) is 77.0 cm³/mol. The molecule has 2 rings (SSSR count). The minimum absolute atomic E-state index is 0.191. The van der Waals surface area contributed by atoms with Crippen molar-refractivity contribution in [3.63, 3.8) is 0 Å². The fourth-order valence-corrected chi connectivity index (χ4v) is 1.80. The summed E-state index contributed by atoms with van der Waals surface area (Å²) in [5.74, 6) is -2.45. The predicted octanol–water partition coefficient (Wildman–Crippen LogP) is 3.88. The van der Waals surface area contributed by atoms with E-state index in [0.29, 0.717) is 0 Å². The van der Waals surface area contributed by atoms with Gasteiger partial charge in [0.25, 0.3) is 0 Å². The Balaban J connectivity index is 1.84. The fraction of sp³-hybridized carbons (Fsp3) is 0.118. The van der Waals surface area contributed by atoms with Crippen LogP contribution in [0.25, 0.3) is 6.08 Å². The van der Waals surface area contributed by atoms with E-state index in [1.807, 2.05) is 36.4 Å². The van der Waals surface area contributed by atoms with Crippen molar-refractivity contribution in [1.29, 1.82) is 0 Å². The van der Waals surface area contributed by atoms with Gasteiger partial charge in [0, 0.05) is 0 Å². The lowest BCUT2D eigenvalue weighted by molar-refractivity contribution is 0.0798. The van der Waals surface area contributed by atoms with Crippen LogP contribution < -0.4 is 0 Å². The molecule has 0 saturated carbocycles. The van der Waals surface area contributed by atoms with E-state index in [9.17, 15) is 13.6 Å². The summed E-state index contributed by atoms with van der Waals surface area (Å²) in [7, 11) is 0. The molecular formula is C17H14F2O2. The van der Waals surface area contributed by atoms with Crippen molar-refractivity contribution in [3.8, 4) is 0 Å². The van der Waals surface area contributed by atoms with Gasteiger partial charge < -0.3 is 4.74 Å². The van der Waals surface area contributed by atoms with Gasteiger partial charge >= 0.3 is 0 Å². The number of ketones is 1. The van der Waals surface area contributed by atoms with E-state index in [1.54, 1.807) is 6.08 Å². The number of ether oxygens (including phenoxy) is 1. The van der Waals surface area contributed by atoms with Crippen molar-refractivity contribution in [1.82, 2.24) is 0 Å². The molecule has 108 valence electrons. The summed E-state index contributed by atoms with van der Waals surface area (Å²) in [6.07, 6.45) is 3.58. The van der Waals surface area contributed by atoms with Gasteiger partial charge in [0.2, 0.25) is 0 Å². The van der Waals surface area contributed by atoms with Gasteiger partial charge in [-0.2, -0.15) is 0 Å². The Kier molecular flexibility index (Phi) is 5.35. The highest BCUT2D eigenvalue weighted by atomic mass is 19.1. The standard InChI is InChI=1S/C17H14F2O2/c18-14-9-4-10-15(19)17(14)16(20)12-21-11-5-8-13-6-2-1-3-7-13/h1-10H,11-12H2. The first-order chi connectivity index (χ1) is 10.2. The van der Waals surface area contributed by atoms with Crippen LogP contribution in [0.4, 0.5) is 8.78 Å². The minimum atomic E-state index is -0.872. The van der Waals surface area contributed by atoms with Gasteiger partial charge in [0.15, 0.2) is 5.78 Å². The smallest absolute Gasteiger partial charge is 0.194 e. The molecule has 0 spiro atoms. The number of hydrogen-bond donors (Lipinski definition) is 0. The van der Waals surface area contributed by atoms with Crippen LogP contribution in [-0.2, 0) is 4.74 Å². The molecule has 2 nitrogen and oxygen atoms in total. The topological polar surface area (TPSA) is 26.3 Å². The average molecular weight is 288 g/mol. The first kappa shape index (κ1) is 15.1. The maximum Gasteiger partial charge on any atom is 0.194 e. The van der Waals surface area contributed by atoms with Crippen LogP contribution in [0.15, 0.2) is 54.6 Å². The second-order valence-electron chi connectivity index (χ2n) is 4.35. The van der Waals surface area contributed by atoms with E-state index in [-0.39, 0.29) is 13.2 Å². The van der Waals surface area contributed by atoms with Crippen LogP contribution in [0.2, 0.25) is 0 Å². The van der Waals surface area contributed by atoms with E-state index < -0.39 is 23.0 Å². The SMILES string of the molecule is O=C(COCC=Cc1ccccc1)c1c(F)cccc1F. The maximum absolute atomic E-state index is 13.4. The summed E-state index contributed by atoms with van der Waals surface area (Å²) in [5.41, 5.74) is 0.456. The van der Waals surface area contributed by atoms with Gasteiger partial charge in [-0.15, -0.1) is 0 Å². The highest BCUT2D eigenvalue weighted by Crippen LogP contribution is 2.12. The zero-order valence-corrected chi connectivity index (χ0v) is 11.3. The molecule has 0 amide bonds. The van der Waals surface area contributed by atoms with Crippen LogP contribution in [-0.4, -0.2) is 19.0 Å². The molecule has 0 heterocycles. The third-order valence-corrected chi connectivity index (χ3v) is 2.80. The molecule has 0 unspecified atom stereocenters. The molecule has 21 heavy (non-hydrogen) atoms. The number of hydrogen-bond acceptors (Lipinski definition) is 2. The van der Waals surface area contributed by atoms with Gasteiger partial charge in [0.1, 0.15) is 18.2 Å². The number of Topliss-reactive ketones (excluding diaryl/α,β-unsaturated/α-hetero) is 1. The summed E-state index contributed by atoms with van der Waals surface area (Å²) < 4.78 is 31.8. The lowest BCUT2D eigenvalue weighted by atomic mass is 10.1. The Morgan fingerprint density at radius 2 is 1.67 bits per heavy atom. The normalized spacial score (nSPS) is 11.0. The maximum atomic E-state index is 13.4. The summed E-state index contributed by atoms with van der Waals surface area (Å²) in [6, 6.07) is 12.9. The molecule has 0 fully saturated rings. The van der Waals surface area contributed by atoms with E-state index in [4.69, 9.17) is 4.74 Å². The van der Waals surface area contributed by atoms with Crippen molar-refractivity contribution in [3.05, 3.63) is 77.4 Å². The Morgan fingerprint density at radius 1 is 1.00 bits per heavy atom. The van der Waals surface area contributed by atoms with Crippen LogP contribution in [0.1, 0.15) is 15.9 Å². The van der Waals surface area contributed by atoms with E-state index in [2.05, 4.69) is 0 Å². The fourth-order valence-electron chi connectivity index (χ4n) is 1.80. The third-order valence-electron chi connectivity index (χ3n) is 2.80. The summed E-state index contributed by atoms with van der Waals surface area (Å²) in [6.45, 7) is -0.173. The molecule has 0 radical (unpaired) electrons. The van der Waals surface area contributed by atoms with E-state index >= 15 is 0 Å². The minimum Gasteiger partial charge on any atom is -0.369 e. The molecule has 2 aromatic carbocycles. The molecule has 0 bridgehead atoms. The van der Waals surface area contributed by atoms with Gasteiger partial charge in [-0.3, -0.25) is 4.79 Å². The van der Waals surface area contributed by atoms with Crippen molar-refractivity contribution in [2.45, 2.75) is 0 Å². The molecule has 0 aliphatic heterocycles. The van der Waals surface area contributed by atoms with E-state index in [1.165, 1.54) is 6.07 Å². The molecule has 0 aromatic heterocycles. The zero-order valence-electron chi connectivity index (χ0n) is 11.3. The largest absolute Gasteiger partial charge is 0.369 e. The second kappa shape index (κ2) is 7.45. The van der Waals surface area contributed by atoms with Gasteiger partial charge in [-0.05, 0) is 17.7 Å². The summed E-state index contributed by atoms with van der Waals surface area (Å²) in [4.78, 5) is 11.7. The van der Waals surface area contributed by atoms with Crippen LogP contribution >= 0.6 is 0 Å². The highest BCUT2D eigenvalue weighted by molar-refractivity contribution is 5.97. The lowest BCUT2D eigenvalue weighted by Gasteiger charge is -2.04. The molecule has 2 aromatic rings. The van der Waals surface area contributed by atoms with Crippen LogP contribution in [0.3, 0.4) is 0 Å². The Morgan fingerprint density at radius 3 is 2.33 bits per heavy atom. The Hall–Kier alpha value is -2.33. The molecule has 0 N–H and O–H groups in total. The van der Waals surface area contributed by atoms with Crippen molar-refractivity contribution >= 4 is 11.9 Å². The molecule has 0 aliphatic rings. The van der Waals surface area contributed by atoms with Crippen molar-refractivity contribution in [2.75, 3.05) is 13.2 Å². The van der Waals surface area contributed by atoms with Gasteiger partial charge in [0.05, 0.1) is 12.2 Å². The molecule has 4 heteroatoms. The number of benzene rings is 2. The van der Waals surface area contributed by atoms with E-state index in [0.717, 1.165) is 17.7 Å². The van der Waals surface area contributed by atoms with Crippen LogP contribution in [0.5, 0.6) is 0 Å². The molecule has 0 saturated heterocycles. The Labute approximate surface area is 121 Å². The first-order valence-electron chi connectivity index (χ1n) is 6.45. The summed E-state index contributed by atoms with van der Waals surface area (Å²) in [5, 5.41) is 0. The second-order valence-corrected chi connectivity index (χ2v) is 4.35. The van der Waals surface area contributed by atoms with Crippen molar-refractivity contribution < 1.29 is 18.3 Å². The quantitative estimate of drug-likeness (QED) is 0.595. The number of carbonyl (C=O) groups is 1. The highest BCUT2D eigenvalue weighted by Gasteiger charge is 2.16. The monoisotopic (exact) mass is 288 g/mol. The number of rotatable bonds is 6. The number of carbonyl (C=O) groups excluding carboxylic acids is 1. The molecular weight excluding hydrogens is 274 g/mol. The van der Waals surface area contributed by atoms with Crippen molar-refractivity contribution in [2.24, 2.45) is 0 Å². The van der Waals surface area contributed by atoms with Gasteiger partial charge in [-0.1, -0.05) is 48.6 Å². The first-order valence-corrected chi connectivity index (χ1v) is 6.45.